The van der Waals surface area contributed by atoms with E-state index in [2.05, 4.69) is 21.2 Å². The van der Waals surface area contributed by atoms with Crippen LogP contribution < -0.4 is 5.32 Å². The number of anilines is 1. The third-order valence-electron chi connectivity index (χ3n) is 2.08. The monoisotopic (exact) mass is 383 g/mol. The molecule has 18 heavy (non-hydrogen) atoms. The number of carbonyl (C=O) groups is 1. The Morgan fingerprint density at radius 1 is 1.22 bits per heavy atom. The molecule has 0 aliphatic carbocycles. The van der Waals surface area contributed by atoms with Gasteiger partial charge in [0.15, 0.2) is 0 Å². The molecule has 0 saturated carbocycles. The average Bonchev–Trinajstić information content (AvgIpc) is 2.63. The molecule has 0 fully saturated rings. The van der Waals surface area contributed by atoms with Crippen LogP contribution in [0.5, 0.6) is 0 Å². The normalized spacial score (nSPS) is 10.4. The van der Waals surface area contributed by atoms with Gasteiger partial charge in [0.2, 0.25) is 0 Å². The highest BCUT2D eigenvalue weighted by molar-refractivity contribution is 9.10. The lowest BCUT2D eigenvalue weighted by molar-refractivity contribution is 0.102. The highest BCUT2D eigenvalue weighted by atomic mass is 79.9. The standard InChI is InChI=1S/C11H5BrCl3NOS/c12-7-2-1-5(13)3-8(7)16-11(17)6-4-9(14)18-10(6)15/h1-4H,(H,16,17). The summed E-state index contributed by atoms with van der Waals surface area (Å²) < 4.78 is 1.56. The molecule has 1 aromatic carbocycles. The van der Waals surface area contributed by atoms with Gasteiger partial charge in [-0.3, -0.25) is 4.79 Å². The minimum absolute atomic E-state index is 0.328. The number of benzene rings is 1. The molecule has 0 radical (unpaired) electrons. The third kappa shape index (κ3) is 3.19. The number of amides is 1. The van der Waals surface area contributed by atoms with Crippen LogP contribution in [0.15, 0.2) is 28.7 Å². The maximum atomic E-state index is 12.0. The van der Waals surface area contributed by atoms with Crippen molar-refractivity contribution in [1.29, 1.82) is 0 Å². The maximum Gasteiger partial charge on any atom is 0.258 e. The number of halogens is 4. The van der Waals surface area contributed by atoms with Gasteiger partial charge in [0.25, 0.3) is 5.91 Å². The SMILES string of the molecule is O=C(Nc1cc(Cl)ccc1Br)c1cc(Cl)sc1Cl. The molecule has 1 amide bonds. The van der Waals surface area contributed by atoms with Gasteiger partial charge < -0.3 is 5.32 Å². The van der Waals surface area contributed by atoms with E-state index in [1.165, 1.54) is 6.07 Å². The third-order valence-corrected chi connectivity index (χ3v) is 4.49. The number of hydrogen-bond donors (Lipinski definition) is 1. The highest BCUT2D eigenvalue weighted by Crippen LogP contribution is 2.32. The van der Waals surface area contributed by atoms with Gasteiger partial charge in [-0.05, 0) is 40.2 Å². The highest BCUT2D eigenvalue weighted by Gasteiger charge is 2.15. The molecule has 94 valence electrons. The number of thiophene rings is 1. The van der Waals surface area contributed by atoms with Gasteiger partial charge in [0.1, 0.15) is 4.34 Å². The van der Waals surface area contributed by atoms with Crippen molar-refractivity contribution in [1.82, 2.24) is 0 Å². The largest absolute Gasteiger partial charge is 0.321 e. The van der Waals surface area contributed by atoms with Crippen LogP contribution >= 0.6 is 62.1 Å². The Kier molecular flexibility index (Phi) is 4.56. The van der Waals surface area contributed by atoms with Crippen LogP contribution in [-0.2, 0) is 0 Å². The molecule has 0 atom stereocenters. The summed E-state index contributed by atoms with van der Waals surface area (Å²) in [5.74, 6) is -0.328. The zero-order valence-corrected chi connectivity index (χ0v) is 13.3. The topological polar surface area (TPSA) is 29.1 Å². The van der Waals surface area contributed by atoms with E-state index in [-0.39, 0.29) is 5.91 Å². The van der Waals surface area contributed by atoms with Crippen molar-refractivity contribution in [2.24, 2.45) is 0 Å². The van der Waals surface area contributed by atoms with E-state index < -0.39 is 0 Å². The van der Waals surface area contributed by atoms with Crippen molar-refractivity contribution in [2.45, 2.75) is 0 Å². The van der Waals surface area contributed by atoms with Gasteiger partial charge in [-0.15, -0.1) is 11.3 Å². The summed E-state index contributed by atoms with van der Waals surface area (Å²) in [6.45, 7) is 0. The van der Waals surface area contributed by atoms with Crippen molar-refractivity contribution in [2.75, 3.05) is 5.32 Å². The molecule has 2 nitrogen and oxygen atoms in total. The fourth-order valence-electron chi connectivity index (χ4n) is 1.28. The molecule has 2 rings (SSSR count). The molecule has 0 bridgehead atoms. The van der Waals surface area contributed by atoms with Crippen LogP contribution in [0.1, 0.15) is 10.4 Å². The van der Waals surface area contributed by atoms with E-state index in [1.54, 1.807) is 18.2 Å². The molecule has 0 saturated heterocycles. The van der Waals surface area contributed by atoms with Gasteiger partial charge in [-0.25, -0.2) is 0 Å². The van der Waals surface area contributed by atoms with Crippen molar-refractivity contribution >= 4 is 73.7 Å². The average molecular weight is 385 g/mol. The van der Waals surface area contributed by atoms with Crippen LogP contribution in [0.25, 0.3) is 0 Å². The van der Waals surface area contributed by atoms with Gasteiger partial charge >= 0.3 is 0 Å². The van der Waals surface area contributed by atoms with Crippen LogP contribution in [0.2, 0.25) is 13.7 Å². The minimum Gasteiger partial charge on any atom is -0.321 e. The first-order valence-corrected chi connectivity index (χ1v) is 7.43. The van der Waals surface area contributed by atoms with Crippen LogP contribution in [0.3, 0.4) is 0 Å². The number of nitrogens with one attached hydrogen (secondary N) is 1. The van der Waals surface area contributed by atoms with E-state index in [0.717, 1.165) is 15.8 Å². The second-order valence-electron chi connectivity index (χ2n) is 3.32. The summed E-state index contributed by atoms with van der Waals surface area (Å²) in [4.78, 5) is 12.0. The second-order valence-corrected chi connectivity index (χ2v) is 6.89. The zero-order chi connectivity index (χ0) is 13.3. The number of carbonyl (C=O) groups excluding carboxylic acids is 1. The molecule has 0 aliphatic rings. The van der Waals surface area contributed by atoms with Crippen LogP contribution in [0.4, 0.5) is 5.69 Å². The van der Waals surface area contributed by atoms with Gasteiger partial charge in [-0.2, -0.15) is 0 Å². The predicted octanol–water partition coefficient (Wildman–Crippen LogP) is 5.72. The van der Waals surface area contributed by atoms with E-state index in [9.17, 15) is 4.79 Å². The van der Waals surface area contributed by atoms with Crippen molar-refractivity contribution in [3.63, 3.8) is 0 Å². The first-order chi connectivity index (χ1) is 8.47. The molecule has 1 N–H and O–H groups in total. The summed E-state index contributed by atoms with van der Waals surface area (Å²) in [6.07, 6.45) is 0. The van der Waals surface area contributed by atoms with Crippen molar-refractivity contribution < 1.29 is 4.79 Å². The molecule has 1 heterocycles. The molecule has 0 aliphatic heterocycles. The molecular formula is C11H5BrCl3NOS. The minimum atomic E-state index is -0.328. The summed E-state index contributed by atoms with van der Waals surface area (Å²) in [5.41, 5.74) is 0.921. The summed E-state index contributed by atoms with van der Waals surface area (Å²) in [5, 5.41) is 3.25. The van der Waals surface area contributed by atoms with Gasteiger partial charge in [0, 0.05) is 9.50 Å². The fourth-order valence-corrected chi connectivity index (χ4v) is 3.25. The van der Waals surface area contributed by atoms with Crippen LogP contribution in [-0.4, -0.2) is 5.91 Å². The Labute approximate surface area is 131 Å². The Hall–Kier alpha value is -0.260. The Bertz CT molecular complexity index is 614. The van der Waals surface area contributed by atoms with Crippen molar-refractivity contribution in [3.8, 4) is 0 Å². The zero-order valence-electron chi connectivity index (χ0n) is 8.64. The quantitative estimate of drug-likeness (QED) is 0.703. The molecule has 0 spiro atoms. The Morgan fingerprint density at radius 2 is 1.94 bits per heavy atom. The van der Waals surface area contributed by atoms with Crippen molar-refractivity contribution in [3.05, 3.63) is 48.0 Å². The lowest BCUT2D eigenvalue weighted by atomic mass is 10.3. The summed E-state index contributed by atoms with van der Waals surface area (Å²) in [6, 6.07) is 6.64. The molecule has 1 aromatic heterocycles. The lowest BCUT2D eigenvalue weighted by Crippen LogP contribution is -2.11. The van der Waals surface area contributed by atoms with E-state index in [4.69, 9.17) is 34.8 Å². The maximum absolute atomic E-state index is 12.0. The fraction of sp³-hybridized carbons (Fsp3) is 0. The molecule has 0 unspecified atom stereocenters. The smallest absolute Gasteiger partial charge is 0.258 e. The van der Waals surface area contributed by atoms with E-state index in [0.29, 0.717) is 24.9 Å². The first kappa shape index (κ1) is 14.2. The number of hydrogen-bond acceptors (Lipinski definition) is 2. The predicted molar refractivity (Wildman–Crippen MR) is 81.4 cm³/mol. The Balaban J connectivity index is 2.26. The van der Waals surface area contributed by atoms with E-state index in [1.807, 2.05) is 0 Å². The lowest BCUT2D eigenvalue weighted by Gasteiger charge is -2.07. The number of rotatable bonds is 2. The first-order valence-electron chi connectivity index (χ1n) is 4.68. The van der Waals surface area contributed by atoms with E-state index >= 15 is 0 Å². The van der Waals surface area contributed by atoms with Crippen LogP contribution in [0, 0.1) is 0 Å². The molecule has 2 aromatic rings. The molecular weight excluding hydrogens is 380 g/mol. The summed E-state index contributed by atoms with van der Waals surface area (Å²) >= 11 is 22.0. The Morgan fingerprint density at radius 3 is 2.56 bits per heavy atom. The van der Waals surface area contributed by atoms with Gasteiger partial charge in [-0.1, -0.05) is 34.8 Å². The van der Waals surface area contributed by atoms with Gasteiger partial charge in [0.05, 0.1) is 15.6 Å². The second kappa shape index (κ2) is 5.80. The summed E-state index contributed by atoms with van der Waals surface area (Å²) in [7, 11) is 0. The molecule has 7 heteroatoms.